The Hall–Kier alpha value is -1.10. The molecule has 1 N–H and O–H groups in total. The Morgan fingerprint density at radius 3 is 2.79 bits per heavy atom. The van der Waals surface area contributed by atoms with Gasteiger partial charge in [-0.05, 0) is 0 Å². The Bertz CT molecular complexity index is 291. The number of likely N-dealkylation sites (tertiary alicyclic amines) is 1. The summed E-state index contributed by atoms with van der Waals surface area (Å²) >= 11 is 0. The van der Waals surface area contributed by atoms with Crippen molar-refractivity contribution in [2.45, 2.75) is 6.92 Å². The first-order chi connectivity index (χ1) is 6.56. The van der Waals surface area contributed by atoms with E-state index in [1.54, 1.807) is 4.90 Å². The SMILES string of the molecule is CC(=O)N1C[C@@H]2COC[C@]2(C(=O)O)C1. The van der Waals surface area contributed by atoms with Crippen molar-refractivity contribution in [2.75, 3.05) is 26.3 Å². The van der Waals surface area contributed by atoms with Crippen LogP contribution in [0.3, 0.4) is 0 Å². The molecule has 2 atom stereocenters. The van der Waals surface area contributed by atoms with Crippen molar-refractivity contribution in [1.82, 2.24) is 4.90 Å². The van der Waals surface area contributed by atoms with Crippen molar-refractivity contribution in [3.8, 4) is 0 Å². The maximum Gasteiger partial charge on any atom is 0.314 e. The third-order valence-corrected chi connectivity index (χ3v) is 3.25. The summed E-state index contributed by atoms with van der Waals surface area (Å²) in [4.78, 5) is 23.9. The maximum atomic E-state index is 11.2. The van der Waals surface area contributed by atoms with Crippen LogP contribution in [-0.4, -0.2) is 48.2 Å². The minimum atomic E-state index is -0.844. The number of rotatable bonds is 1. The van der Waals surface area contributed by atoms with Crippen molar-refractivity contribution in [1.29, 1.82) is 0 Å². The van der Waals surface area contributed by atoms with Gasteiger partial charge in [-0.1, -0.05) is 0 Å². The summed E-state index contributed by atoms with van der Waals surface area (Å²) in [5.74, 6) is -0.937. The zero-order valence-corrected chi connectivity index (χ0v) is 8.02. The normalized spacial score (nSPS) is 35.8. The first kappa shape index (κ1) is 9.45. The molecule has 2 rings (SSSR count). The average Bonchev–Trinajstić information content (AvgIpc) is 2.57. The number of ether oxygens (including phenoxy) is 1. The van der Waals surface area contributed by atoms with E-state index in [1.165, 1.54) is 6.92 Å². The monoisotopic (exact) mass is 199 g/mol. The molecule has 2 saturated heterocycles. The molecule has 1 amide bonds. The van der Waals surface area contributed by atoms with Gasteiger partial charge < -0.3 is 14.7 Å². The molecule has 2 heterocycles. The number of carbonyl (C=O) groups excluding carboxylic acids is 1. The quantitative estimate of drug-likeness (QED) is 0.622. The van der Waals surface area contributed by atoms with Crippen molar-refractivity contribution < 1.29 is 19.4 Å². The van der Waals surface area contributed by atoms with Gasteiger partial charge in [0, 0.05) is 25.9 Å². The molecular formula is C9H13NO4. The van der Waals surface area contributed by atoms with Crippen LogP contribution in [0.1, 0.15) is 6.92 Å². The first-order valence-electron chi connectivity index (χ1n) is 4.63. The van der Waals surface area contributed by atoms with E-state index in [-0.39, 0.29) is 18.4 Å². The number of carboxylic acids is 1. The Labute approximate surface area is 81.6 Å². The summed E-state index contributed by atoms with van der Waals surface area (Å²) in [5, 5.41) is 9.16. The van der Waals surface area contributed by atoms with Gasteiger partial charge in [-0.3, -0.25) is 9.59 Å². The molecule has 0 aromatic heterocycles. The molecule has 14 heavy (non-hydrogen) atoms. The fraction of sp³-hybridized carbons (Fsp3) is 0.778. The number of fused-ring (bicyclic) bond motifs is 1. The summed E-state index contributed by atoms with van der Waals surface area (Å²) in [6, 6.07) is 0. The van der Waals surface area contributed by atoms with Crippen molar-refractivity contribution in [3.05, 3.63) is 0 Å². The second-order valence-corrected chi connectivity index (χ2v) is 4.07. The summed E-state index contributed by atoms with van der Waals surface area (Å²) in [7, 11) is 0. The van der Waals surface area contributed by atoms with E-state index in [1.807, 2.05) is 0 Å². The van der Waals surface area contributed by atoms with Crippen molar-refractivity contribution in [3.63, 3.8) is 0 Å². The topological polar surface area (TPSA) is 66.8 Å². The largest absolute Gasteiger partial charge is 0.481 e. The Morgan fingerprint density at radius 2 is 2.29 bits per heavy atom. The van der Waals surface area contributed by atoms with Crippen LogP contribution in [-0.2, 0) is 14.3 Å². The molecule has 0 saturated carbocycles. The predicted molar refractivity (Wildman–Crippen MR) is 46.6 cm³/mol. The van der Waals surface area contributed by atoms with E-state index in [9.17, 15) is 9.59 Å². The van der Waals surface area contributed by atoms with Gasteiger partial charge in [0.2, 0.25) is 5.91 Å². The van der Waals surface area contributed by atoms with Crippen LogP contribution in [0.2, 0.25) is 0 Å². The smallest absolute Gasteiger partial charge is 0.314 e. The average molecular weight is 199 g/mol. The predicted octanol–water partition coefficient (Wildman–Crippen LogP) is -0.434. The van der Waals surface area contributed by atoms with E-state index in [0.717, 1.165) is 0 Å². The molecular weight excluding hydrogens is 186 g/mol. The van der Waals surface area contributed by atoms with Crippen LogP contribution in [0.5, 0.6) is 0 Å². The van der Waals surface area contributed by atoms with Gasteiger partial charge in [0.25, 0.3) is 0 Å². The second kappa shape index (κ2) is 2.95. The Morgan fingerprint density at radius 1 is 1.57 bits per heavy atom. The molecule has 0 radical (unpaired) electrons. The standard InChI is InChI=1S/C9H13NO4/c1-6(11)10-2-7-3-14-5-9(7,4-10)8(12)13/h7H,2-5H2,1H3,(H,12,13)/t7-,9-/m1/s1. The molecule has 78 valence electrons. The number of hydrogen-bond acceptors (Lipinski definition) is 3. The molecule has 5 nitrogen and oxygen atoms in total. The van der Waals surface area contributed by atoms with Crippen LogP contribution in [0.4, 0.5) is 0 Å². The van der Waals surface area contributed by atoms with Crippen LogP contribution in [0.15, 0.2) is 0 Å². The fourth-order valence-corrected chi connectivity index (χ4v) is 2.28. The minimum absolute atomic E-state index is 0.0381. The highest BCUT2D eigenvalue weighted by Crippen LogP contribution is 2.41. The minimum Gasteiger partial charge on any atom is -0.481 e. The molecule has 0 bridgehead atoms. The number of hydrogen-bond donors (Lipinski definition) is 1. The zero-order valence-electron chi connectivity index (χ0n) is 8.02. The lowest BCUT2D eigenvalue weighted by Gasteiger charge is -2.21. The summed E-state index contributed by atoms with van der Waals surface area (Å²) in [5.41, 5.74) is -0.842. The lowest BCUT2D eigenvalue weighted by atomic mass is 9.81. The summed E-state index contributed by atoms with van der Waals surface area (Å²) < 4.78 is 5.19. The van der Waals surface area contributed by atoms with Crippen LogP contribution in [0.25, 0.3) is 0 Å². The van der Waals surface area contributed by atoms with Gasteiger partial charge in [-0.2, -0.15) is 0 Å². The number of amides is 1. The maximum absolute atomic E-state index is 11.2. The van der Waals surface area contributed by atoms with E-state index < -0.39 is 11.4 Å². The number of carboxylic acid groups (broad SMARTS) is 1. The molecule has 0 aliphatic carbocycles. The van der Waals surface area contributed by atoms with Gasteiger partial charge in [0.1, 0.15) is 5.41 Å². The molecule has 2 fully saturated rings. The second-order valence-electron chi connectivity index (χ2n) is 4.07. The van der Waals surface area contributed by atoms with Gasteiger partial charge in [0.15, 0.2) is 0 Å². The molecule has 2 aliphatic heterocycles. The van der Waals surface area contributed by atoms with Crippen LogP contribution >= 0.6 is 0 Å². The Kier molecular flexibility index (Phi) is 1.99. The van der Waals surface area contributed by atoms with Crippen molar-refractivity contribution >= 4 is 11.9 Å². The third kappa shape index (κ3) is 1.12. The zero-order chi connectivity index (χ0) is 10.3. The highest BCUT2D eigenvalue weighted by atomic mass is 16.5. The molecule has 0 spiro atoms. The molecule has 0 unspecified atom stereocenters. The van der Waals surface area contributed by atoms with E-state index in [2.05, 4.69) is 0 Å². The third-order valence-electron chi connectivity index (χ3n) is 3.25. The van der Waals surface area contributed by atoms with Gasteiger partial charge in [-0.15, -0.1) is 0 Å². The highest BCUT2D eigenvalue weighted by Gasteiger charge is 2.56. The lowest BCUT2D eigenvalue weighted by molar-refractivity contribution is -0.149. The summed E-state index contributed by atoms with van der Waals surface area (Å²) in [6.45, 7) is 2.97. The van der Waals surface area contributed by atoms with Gasteiger partial charge in [0.05, 0.1) is 13.2 Å². The van der Waals surface area contributed by atoms with Crippen LogP contribution < -0.4 is 0 Å². The molecule has 0 aromatic carbocycles. The first-order valence-corrected chi connectivity index (χ1v) is 4.63. The molecule has 2 aliphatic rings. The number of nitrogens with zero attached hydrogens (tertiary/aromatic N) is 1. The number of aliphatic carboxylic acids is 1. The van der Waals surface area contributed by atoms with Gasteiger partial charge >= 0.3 is 5.97 Å². The van der Waals surface area contributed by atoms with Crippen molar-refractivity contribution in [2.24, 2.45) is 11.3 Å². The van der Waals surface area contributed by atoms with Gasteiger partial charge in [-0.25, -0.2) is 0 Å². The highest BCUT2D eigenvalue weighted by molar-refractivity contribution is 5.80. The molecule has 5 heteroatoms. The van der Waals surface area contributed by atoms with Crippen LogP contribution in [0, 0.1) is 11.3 Å². The molecule has 0 aromatic rings. The number of carbonyl (C=O) groups is 2. The lowest BCUT2D eigenvalue weighted by Crippen LogP contribution is -2.39. The van der Waals surface area contributed by atoms with E-state index >= 15 is 0 Å². The fourth-order valence-electron chi connectivity index (χ4n) is 2.28. The Balaban J connectivity index is 2.23. The summed E-state index contributed by atoms with van der Waals surface area (Å²) in [6.07, 6.45) is 0. The van der Waals surface area contributed by atoms with E-state index in [4.69, 9.17) is 9.84 Å². The van der Waals surface area contributed by atoms with E-state index in [0.29, 0.717) is 19.7 Å².